The van der Waals surface area contributed by atoms with Gasteiger partial charge in [0, 0.05) is 38.3 Å². The van der Waals surface area contributed by atoms with Crippen LogP contribution in [0.3, 0.4) is 0 Å². The van der Waals surface area contributed by atoms with Crippen LogP contribution in [0.2, 0.25) is 0 Å². The summed E-state index contributed by atoms with van der Waals surface area (Å²) in [6.45, 7) is 4.78. The normalized spacial score (nSPS) is 17.6. The molecule has 3 N–H and O–H groups in total. The quantitative estimate of drug-likeness (QED) is 0.688. The molecule has 0 spiro atoms. The van der Waals surface area contributed by atoms with Crippen molar-refractivity contribution < 1.29 is 10.2 Å². The highest BCUT2D eigenvalue weighted by Gasteiger charge is 2.12. The molecule has 1 saturated heterocycles. The number of nitrogens with zero attached hydrogens (tertiary/aromatic N) is 1. The molecule has 0 aromatic heterocycles. The smallest absolute Gasteiger partial charge is 0.120 e. The van der Waals surface area contributed by atoms with Crippen molar-refractivity contribution in [2.24, 2.45) is 0 Å². The van der Waals surface area contributed by atoms with E-state index in [0.717, 1.165) is 43.9 Å². The average Bonchev–Trinajstić information content (AvgIpc) is 2.33. The summed E-state index contributed by atoms with van der Waals surface area (Å²) in [4.78, 5) is 2.30. The Hall–Kier alpha value is -1.10. The van der Waals surface area contributed by atoms with E-state index in [0.29, 0.717) is 5.75 Å². The maximum Gasteiger partial charge on any atom is 0.120 e. The second kappa shape index (κ2) is 5.30. The number of hydrogen-bond donors (Lipinski definition) is 3. The van der Waals surface area contributed by atoms with Crippen molar-refractivity contribution in [3.63, 3.8) is 0 Å². The van der Waals surface area contributed by atoms with Crippen LogP contribution in [-0.2, 0) is 13.2 Å². The first-order chi connectivity index (χ1) is 7.79. The number of hydrogen-bond acceptors (Lipinski definition) is 4. The van der Waals surface area contributed by atoms with E-state index in [2.05, 4.69) is 10.2 Å². The average molecular weight is 222 g/mol. The maximum atomic E-state index is 9.74. The van der Waals surface area contributed by atoms with Gasteiger partial charge >= 0.3 is 0 Å². The van der Waals surface area contributed by atoms with E-state index >= 15 is 0 Å². The zero-order valence-electron chi connectivity index (χ0n) is 9.32. The number of phenols is 1. The van der Waals surface area contributed by atoms with Gasteiger partial charge in [-0.15, -0.1) is 0 Å². The topological polar surface area (TPSA) is 55.7 Å². The predicted molar refractivity (Wildman–Crippen MR) is 62.2 cm³/mol. The van der Waals surface area contributed by atoms with Crippen LogP contribution in [0.4, 0.5) is 0 Å². The molecule has 2 rings (SSSR count). The van der Waals surface area contributed by atoms with Crippen molar-refractivity contribution in [2.45, 2.75) is 13.2 Å². The van der Waals surface area contributed by atoms with Crippen LogP contribution in [0.15, 0.2) is 18.2 Å². The second-order valence-electron chi connectivity index (χ2n) is 4.15. The molecule has 1 heterocycles. The first kappa shape index (κ1) is 11.4. The summed E-state index contributed by atoms with van der Waals surface area (Å²) in [5, 5.41) is 22.1. The fraction of sp³-hybridized carbons (Fsp3) is 0.500. The molecule has 1 aromatic carbocycles. The fourth-order valence-electron chi connectivity index (χ4n) is 1.97. The molecule has 0 atom stereocenters. The summed E-state index contributed by atoms with van der Waals surface area (Å²) in [7, 11) is 0. The molecule has 88 valence electrons. The number of aliphatic hydroxyl groups excluding tert-OH is 1. The first-order valence-electron chi connectivity index (χ1n) is 5.64. The third-order valence-electron chi connectivity index (χ3n) is 2.93. The van der Waals surface area contributed by atoms with Gasteiger partial charge in [0.25, 0.3) is 0 Å². The molecule has 4 nitrogen and oxygen atoms in total. The maximum absolute atomic E-state index is 9.74. The second-order valence-corrected chi connectivity index (χ2v) is 4.15. The van der Waals surface area contributed by atoms with Crippen molar-refractivity contribution in [1.82, 2.24) is 10.2 Å². The van der Waals surface area contributed by atoms with Crippen LogP contribution in [0.1, 0.15) is 11.1 Å². The van der Waals surface area contributed by atoms with Gasteiger partial charge in [0.1, 0.15) is 5.75 Å². The SMILES string of the molecule is OCc1ccc(O)c(CN2CCNCC2)c1. The van der Waals surface area contributed by atoms with Gasteiger partial charge < -0.3 is 15.5 Å². The third kappa shape index (κ3) is 2.72. The standard InChI is InChI=1S/C12H18N2O2/c15-9-10-1-2-12(16)11(7-10)8-14-5-3-13-4-6-14/h1-2,7,13,15-16H,3-6,8-9H2. The van der Waals surface area contributed by atoms with Gasteiger partial charge in [0.05, 0.1) is 6.61 Å². The van der Waals surface area contributed by atoms with Gasteiger partial charge in [0.15, 0.2) is 0 Å². The summed E-state index contributed by atoms with van der Waals surface area (Å²) >= 11 is 0. The van der Waals surface area contributed by atoms with Crippen LogP contribution < -0.4 is 5.32 Å². The lowest BCUT2D eigenvalue weighted by molar-refractivity contribution is 0.230. The van der Waals surface area contributed by atoms with Crippen LogP contribution in [-0.4, -0.2) is 41.3 Å². The number of benzene rings is 1. The summed E-state index contributed by atoms with van der Waals surface area (Å²) < 4.78 is 0. The molecule has 0 saturated carbocycles. The summed E-state index contributed by atoms with van der Waals surface area (Å²) in [6, 6.07) is 5.27. The molecule has 0 radical (unpaired) electrons. The third-order valence-corrected chi connectivity index (χ3v) is 2.93. The molecule has 1 aliphatic rings. The highest BCUT2D eigenvalue weighted by atomic mass is 16.3. The summed E-state index contributed by atoms with van der Waals surface area (Å²) in [5.74, 6) is 0.315. The molecule has 0 unspecified atom stereocenters. The Labute approximate surface area is 95.5 Å². The van der Waals surface area contributed by atoms with Crippen LogP contribution >= 0.6 is 0 Å². The fourth-order valence-corrected chi connectivity index (χ4v) is 1.97. The van der Waals surface area contributed by atoms with Crippen molar-refractivity contribution in [1.29, 1.82) is 0 Å². The summed E-state index contributed by atoms with van der Waals surface area (Å²) in [5.41, 5.74) is 1.75. The van der Waals surface area contributed by atoms with Gasteiger partial charge in [-0.25, -0.2) is 0 Å². The van der Waals surface area contributed by atoms with Crippen molar-refractivity contribution in [3.8, 4) is 5.75 Å². The van der Waals surface area contributed by atoms with Gasteiger partial charge in [-0.05, 0) is 17.7 Å². The van der Waals surface area contributed by atoms with Crippen molar-refractivity contribution in [3.05, 3.63) is 29.3 Å². The largest absolute Gasteiger partial charge is 0.508 e. The van der Waals surface area contributed by atoms with Gasteiger partial charge in [0.2, 0.25) is 0 Å². The number of phenolic OH excluding ortho intramolecular Hbond substituents is 1. The van der Waals surface area contributed by atoms with Gasteiger partial charge in [-0.2, -0.15) is 0 Å². The monoisotopic (exact) mass is 222 g/mol. The van der Waals surface area contributed by atoms with E-state index in [1.54, 1.807) is 12.1 Å². The van der Waals surface area contributed by atoms with E-state index in [1.807, 2.05) is 6.07 Å². The molecule has 4 heteroatoms. The number of aromatic hydroxyl groups is 1. The molecular weight excluding hydrogens is 204 g/mol. The number of nitrogens with one attached hydrogen (secondary N) is 1. The van der Waals surface area contributed by atoms with Crippen LogP contribution in [0, 0.1) is 0 Å². The Kier molecular flexibility index (Phi) is 3.77. The lowest BCUT2D eigenvalue weighted by Crippen LogP contribution is -2.42. The first-order valence-corrected chi connectivity index (χ1v) is 5.64. The predicted octanol–water partition coefficient (Wildman–Crippen LogP) is 0.290. The Bertz CT molecular complexity index is 349. The number of piperazine rings is 1. The Morgan fingerprint density at radius 3 is 2.69 bits per heavy atom. The molecule has 0 aliphatic carbocycles. The lowest BCUT2D eigenvalue weighted by atomic mass is 10.1. The van der Waals surface area contributed by atoms with Crippen LogP contribution in [0.5, 0.6) is 5.75 Å². The van der Waals surface area contributed by atoms with E-state index in [9.17, 15) is 5.11 Å². The van der Waals surface area contributed by atoms with Gasteiger partial charge in [-0.3, -0.25) is 4.90 Å². The Balaban J connectivity index is 2.06. The summed E-state index contributed by atoms with van der Waals surface area (Å²) in [6.07, 6.45) is 0. The van der Waals surface area contributed by atoms with E-state index in [-0.39, 0.29) is 6.61 Å². The van der Waals surface area contributed by atoms with E-state index in [4.69, 9.17) is 5.11 Å². The van der Waals surface area contributed by atoms with Crippen LogP contribution in [0.25, 0.3) is 0 Å². The van der Waals surface area contributed by atoms with E-state index in [1.165, 1.54) is 0 Å². The minimum atomic E-state index is 0.0227. The Morgan fingerprint density at radius 2 is 2.00 bits per heavy atom. The molecule has 1 aliphatic heterocycles. The minimum Gasteiger partial charge on any atom is -0.508 e. The van der Waals surface area contributed by atoms with Gasteiger partial charge in [-0.1, -0.05) is 6.07 Å². The highest BCUT2D eigenvalue weighted by Crippen LogP contribution is 2.20. The van der Waals surface area contributed by atoms with Crippen molar-refractivity contribution in [2.75, 3.05) is 26.2 Å². The molecule has 0 amide bonds. The zero-order chi connectivity index (χ0) is 11.4. The molecule has 1 fully saturated rings. The minimum absolute atomic E-state index is 0.0227. The van der Waals surface area contributed by atoms with Crippen molar-refractivity contribution >= 4 is 0 Å². The van der Waals surface area contributed by atoms with E-state index < -0.39 is 0 Å². The highest BCUT2D eigenvalue weighted by molar-refractivity contribution is 5.35. The molecule has 16 heavy (non-hydrogen) atoms. The zero-order valence-corrected chi connectivity index (χ0v) is 9.32. The number of aliphatic hydroxyl groups is 1. The Morgan fingerprint density at radius 1 is 1.25 bits per heavy atom. The number of rotatable bonds is 3. The lowest BCUT2D eigenvalue weighted by Gasteiger charge is -2.27. The molecular formula is C12H18N2O2. The molecule has 0 bridgehead atoms. The molecule has 1 aromatic rings.